The Bertz CT molecular complexity index is 509. The number of benzene rings is 1. The maximum Gasteiger partial charge on any atom is 0.411 e. The van der Waals surface area contributed by atoms with Crippen molar-refractivity contribution in [1.82, 2.24) is 4.90 Å². The lowest BCUT2D eigenvalue weighted by Gasteiger charge is -2.28. The van der Waals surface area contributed by atoms with E-state index in [1.165, 1.54) is 56.9 Å². The largest absolute Gasteiger partial charge is 0.445 e. The molecule has 26 heavy (non-hydrogen) atoms. The van der Waals surface area contributed by atoms with Gasteiger partial charge in [-0.2, -0.15) is 0 Å². The summed E-state index contributed by atoms with van der Waals surface area (Å²) < 4.78 is 5.50. The zero-order valence-corrected chi connectivity index (χ0v) is 16.6. The van der Waals surface area contributed by atoms with Crippen molar-refractivity contribution in [3.8, 4) is 0 Å². The third-order valence-electron chi connectivity index (χ3n) is 5.04. The number of carbonyl (C=O) groups is 1. The van der Waals surface area contributed by atoms with E-state index in [-0.39, 0.29) is 12.2 Å². The molecule has 2 rings (SSSR count). The standard InChI is InChI=1S/C22H36N2O2/c1-3-4-5-6-8-11-20-12-14-21(15-13-20)23-22(25)26-19(2)18-24-16-9-7-10-17-24/h12-15,19H,3-11,16-18H2,1-2H3,(H,23,25)/t19-/m1/s1. The molecule has 1 aliphatic heterocycles. The number of anilines is 1. The quantitative estimate of drug-likeness (QED) is 0.550. The number of hydrogen-bond acceptors (Lipinski definition) is 3. The summed E-state index contributed by atoms with van der Waals surface area (Å²) in [5.41, 5.74) is 2.13. The van der Waals surface area contributed by atoms with Crippen LogP contribution in [0.5, 0.6) is 0 Å². The number of carbonyl (C=O) groups excluding carboxylic acids is 1. The fraction of sp³-hybridized carbons (Fsp3) is 0.682. The predicted octanol–water partition coefficient (Wildman–Crippen LogP) is 5.62. The predicted molar refractivity (Wildman–Crippen MR) is 109 cm³/mol. The first-order valence-electron chi connectivity index (χ1n) is 10.5. The summed E-state index contributed by atoms with van der Waals surface area (Å²) >= 11 is 0. The summed E-state index contributed by atoms with van der Waals surface area (Å²) in [6.07, 6.45) is 11.0. The van der Waals surface area contributed by atoms with Gasteiger partial charge >= 0.3 is 6.09 Å². The van der Waals surface area contributed by atoms with Gasteiger partial charge in [-0.25, -0.2) is 4.79 Å². The van der Waals surface area contributed by atoms with Gasteiger partial charge in [-0.05, 0) is 63.4 Å². The third-order valence-corrected chi connectivity index (χ3v) is 5.04. The van der Waals surface area contributed by atoms with Crippen molar-refractivity contribution in [3.05, 3.63) is 29.8 Å². The Morgan fingerprint density at radius 2 is 1.77 bits per heavy atom. The number of hydrogen-bond donors (Lipinski definition) is 1. The Morgan fingerprint density at radius 3 is 2.46 bits per heavy atom. The van der Waals surface area contributed by atoms with Crippen LogP contribution in [-0.4, -0.2) is 36.7 Å². The molecule has 1 aromatic carbocycles. The fourth-order valence-electron chi connectivity index (χ4n) is 3.56. The summed E-state index contributed by atoms with van der Waals surface area (Å²) in [5, 5.41) is 2.84. The van der Waals surface area contributed by atoms with Crippen molar-refractivity contribution in [2.75, 3.05) is 25.0 Å². The van der Waals surface area contributed by atoms with Gasteiger partial charge in [-0.15, -0.1) is 0 Å². The highest BCUT2D eigenvalue weighted by molar-refractivity contribution is 5.84. The van der Waals surface area contributed by atoms with Crippen LogP contribution < -0.4 is 5.32 Å². The number of nitrogens with one attached hydrogen (secondary N) is 1. The summed E-state index contributed by atoms with van der Waals surface area (Å²) in [4.78, 5) is 14.5. The maximum absolute atomic E-state index is 12.1. The second-order valence-electron chi connectivity index (χ2n) is 7.56. The van der Waals surface area contributed by atoms with E-state index in [4.69, 9.17) is 4.74 Å². The van der Waals surface area contributed by atoms with Gasteiger partial charge in [-0.1, -0.05) is 51.2 Å². The minimum Gasteiger partial charge on any atom is -0.445 e. The van der Waals surface area contributed by atoms with Crippen LogP contribution in [0.25, 0.3) is 0 Å². The van der Waals surface area contributed by atoms with Gasteiger partial charge in [0.25, 0.3) is 0 Å². The Balaban J connectivity index is 1.66. The zero-order chi connectivity index (χ0) is 18.6. The van der Waals surface area contributed by atoms with Crippen molar-refractivity contribution < 1.29 is 9.53 Å². The van der Waals surface area contributed by atoms with E-state index in [9.17, 15) is 4.79 Å². The highest BCUT2D eigenvalue weighted by atomic mass is 16.6. The minimum atomic E-state index is -0.359. The Labute approximate surface area is 159 Å². The molecule has 0 aromatic heterocycles. The molecule has 1 saturated heterocycles. The Hall–Kier alpha value is -1.55. The van der Waals surface area contributed by atoms with E-state index < -0.39 is 0 Å². The number of amides is 1. The highest BCUT2D eigenvalue weighted by Crippen LogP contribution is 2.14. The summed E-state index contributed by atoms with van der Waals surface area (Å²) in [5.74, 6) is 0. The average Bonchev–Trinajstić information content (AvgIpc) is 2.63. The van der Waals surface area contributed by atoms with Gasteiger partial charge in [0.2, 0.25) is 0 Å². The van der Waals surface area contributed by atoms with Crippen LogP contribution in [0.4, 0.5) is 10.5 Å². The first kappa shape index (κ1) is 20.8. The van der Waals surface area contributed by atoms with Crippen LogP contribution in [0, 0.1) is 0 Å². The number of piperidine rings is 1. The monoisotopic (exact) mass is 360 g/mol. The smallest absolute Gasteiger partial charge is 0.411 e. The van der Waals surface area contributed by atoms with Gasteiger partial charge in [0.05, 0.1) is 0 Å². The van der Waals surface area contributed by atoms with Crippen LogP contribution in [0.1, 0.15) is 70.8 Å². The average molecular weight is 361 g/mol. The number of likely N-dealkylation sites (tertiary alicyclic amines) is 1. The molecule has 1 fully saturated rings. The van der Waals surface area contributed by atoms with Crippen LogP contribution in [0.3, 0.4) is 0 Å². The van der Waals surface area contributed by atoms with Gasteiger partial charge in [0.1, 0.15) is 6.10 Å². The highest BCUT2D eigenvalue weighted by Gasteiger charge is 2.16. The van der Waals surface area contributed by atoms with E-state index in [1.807, 2.05) is 19.1 Å². The van der Waals surface area contributed by atoms with Crippen LogP contribution >= 0.6 is 0 Å². The van der Waals surface area contributed by atoms with E-state index in [2.05, 4.69) is 29.3 Å². The lowest BCUT2D eigenvalue weighted by molar-refractivity contribution is 0.0833. The lowest BCUT2D eigenvalue weighted by Crippen LogP contribution is -2.37. The first-order valence-corrected chi connectivity index (χ1v) is 10.5. The van der Waals surface area contributed by atoms with Crippen LogP contribution in [0.15, 0.2) is 24.3 Å². The fourth-order valence-corrected chi connectivity index (χ4v) is 3.56. The number of aryl methyl sites for hydroxylation is 1. The summed E-state index contributed by atoms with van der Waals surface area (Å²) in [6.45, 7) is 7.27. The van der Waals surface area contributed by atoms with Gasteiger partial charge in [0, 0.05) is 12.2 Å². The SMILES string of the molecule is CCCCCCCc1ccc(NC(=O)O[C@H](C)CN2CCCCC2)cc1. The second-order valence-corrected chi connectivity index (χ2v) is 7.56. The molecule has 0 spiro atoms. The molecule has 4 heteroatoms. The molecule has 1 N–H and O–H groups in total. The molecule has 0 radical (unpaired) electrons. The van der Waals surface area contributed by atoms with E-state index in [0.29, 0.717) is 0 Å². The molecule has 0 aliphatic carbocycles. The normalized spacial score (nSPS) is 16.2. The summed E-state index contributed by atoms with van der Waals surface area (Å²) in [6, 6.07) is 8.15. The van der Waals surface area contributed by atoms with Crippen LogP contribution in [-0.2, 0) is 11.2 Å². The number of nitrogens with zero attached hydrogens (tertiary/aromatic N) is 1. The van der Waals surface area contributed by atoms with Gasteiger partial charge in [-0.3, -0.25) is 10.2 Å². The zero-order valence-electron chi connectivity index (χ0n) is 16.6. The Kier molecular flexibility index (Phi) is 9.54. The Morgan fingerprint density at radius 1 is 1.08 bits per heavy atom. The number of ether oxygens (including phenoxy) is 1. The van der Waals surface area contributed by atoms with Crippen molar-refractivity contribution in [2.24, 2.45) is 0 Å². The van der Waals surface area contributed by atoms with Crippen molar-refractivity contribution in [2.45, 2.75) is 77.7 Å². The molecule has 0 bridgehead atoms. The van der Waals surface area contributed by atoms with E-state index in [0.717, 1.165) is 31.7 Å². The molecule has 0 saturated carbocycles. The first-order chi connectivity index (χ1) is 12.7. The molecule has 1 aliphatic rings. The van der Waals surface area contributed by atoms with E-state index in [1.54, 1.807) is 0 Å². The molecular formula is C22H36N2O2. The minimum absolute atomic E-state index is 0.0875. The van der Waals surface area contributed by atoms with Gasteiger partial charge < -0.3 is 4.74 Å². The topological polar surface area (TPSA) is 41.6 Å². The molecule has 1 atom stereocenters. The van der Waals surface area contributed by atoms with Crippen LogP contribution in [0.2, 0.25) is 0 Å². The summed E-state index contributed by atoms with van der Waals surface area (Å²) in [7, 11) is 0. The second kappa shape index (κ2) is 11.9. The lowest BCUT2D eigenvalue weighted by atomic mass is 10.1. The van der Waals surface area contributed by atoms with E-state index >= 15 is 0 Å². The molecule has 146 valence electrons. The molecule has 1 heterocycles. The van der Waals surface area contributed by atoms with Crippen molar-refractivity contribution in [1.29, 1.82) is 0 Å². The van der Waals surface area contributed by atoms with Crippen molar-refractivity contribution in [3.63, 3.8) is 0 Å². The maximum atomic E-state index is 12.1. The number of rotatable bonds is 10. The third kappa shape index (κ3) is 8.22. The molecule has 4 nitrogen and oxygen atoms in total. The molecule has 0 unspecified atom stereocenters. The molecule has 1 aromatic rings. The molecular weight excluding hydrogens is 324 g/mol. The number of unbranched alkanes of at least 4 members (excludes halogenated alkanes) is 4. The van der Waals surface area contributed by atoms with Gasteiger partial charge in [0.15, 0.2) is 0 Å². The van der Waals surface area contributed by atoms with Crippen molar-refractivity contribution >= 4 is 11.8 Å². The molecule has 1 amide bonds.